The molecule has 1 aliphatic heterocycles. The molecular weight excluding hydrogens is 362 g/mol. The molecule has 3 aromatic rings. The second kappa shape index (κ2) is 8.95. The first-order valence-corrected chi connectivity index (χ1v) is 10.3. The Balaban J connectivity index is 1.22. The maximum atomic E-state index is 12.6. The predicted molar refractivity (Wildman–Crippen MR) is 115 cm³/mol. The molecule has 2 aromatic carbocycles. The van der Waals surface area contributed by atoms with E-state index in [4.69, 9.17) is 0 Å². The standard InChI is InChI=1S/C24H27N3O2/c28-23(12-10-19-6-2-1-3-7-19)26-14-16-27(17-15-26)24(29)13-11-20-18-25-22-9-5-4-8-21(20)22/h1-9,18,25H,10-17H2. The van der Waals surface area contributed by atoms with Crippen LogP contribution in [0.25, 0.3) is 10.9 Å². The monoisotopic (exact) mass is 389 g/mol. The van der Waals surface area contributed by atoms with Crippen LogP contribution >= 0.6 is 0 Å². The van der Waals surface area contributed by atoms with Crippen LogP contribution in [-0.2, 0) is 22.4 Å². The van der Waals surface area contributed by atoms with Gasteiger partial charge in [-0.3, -0.25) is 9.59 Å². The van der Waals surface area contributed by atoms with Crippen LogP contribution in [0.5, 0.6) is 0 Å². The number of H-pyrrole nitrogens is 1. The summed E-state index contributed by atoms with van der Waals surface area (Å²) in [7, 11) is 0. The number of carbonyl (C=O) groups excluding carboxylic acids is 2. The number of aromatic amines is 1. The van der Waals surface area contributed by atoms with Crippen molar-refractivity contribution in [1.29, 1.82) is 0 Å². The van der Waals surface area contributed by atoms with Crippen LogP contribution in [0.4, 0.5) is 0 Å². The van der Waals surface area contributed by atoms with Gasteiger partial charge < -0.3 is 14.8 Å². The number of benzene rings is 2. The second-order valence-electron chi connectivity index (χ2n) is 7.61. The van der Waals surface area contributed by atoms with Crippen molar-refractivity contribution < 1.29 is 9.59 Å². The van der Waals surface area contributed by atoms with Crippen LogP contribution in [0.15, 0.2) is 60.8 Å². The van der Waals surface area contributed by atoms with E-state index in [0.717, 1.165) is 18.4 Å². The molecular formula is C24H27N3O2. The van der Waals surface area contributed by atoms with Crippen molar-refractivity contribution in [3.8, 4) is 0 Å². The fourth-order valence-electron chi connectivity index (χ4n) is 4.00. The predicted octanol–water partition coefficient (Wildman–Crippen LogP) is 3.40. The topological polar surface area (TPSA) is 56.4 Å². The Morgan fingerprint density at radius 1 is 0.759 bits per heavy atom. The smallest absolute Gasteiger partial charge is 0.223 e. The number of fused-ring (bicyclic) bond motifs is 1. The highest BCUT2D eigenvalue weighted by Crippen LogP contribution is 2.19. The number of carbonyl (C=O) groups is 2. The van der Waals surface area contributed by atoms with Gasteiger partial charge >= 0.3 is 0 Å². The third-order valence-electron chi connectivity index (χ3n) is 5.74. The van der Waals surface area contributed by atoms with Gasteiger partial charge in [-0.15, -0.1) is 0 Å². The molecule has 1 N–H and O–H groups in total. The Labute approximate surface area is 171 Å². The highest BCUT2D eigenvalue weighted by Gasteiger charge is 2.23. The molecule has 0 bridgehead atoms. The number of piperazine rings is 1. The lowest BCUT2D eigenvalue weighted by atomic mass is 10.1. The van der Waals surface area contributed by atoms with Gasteiger partial charge in [0.15, 0.2) is 0 Å². The van der Waals surface area contributed by atoms with Crippen LogP contribution in [0.1, 0.15) is 24.0 Å². The van der Waals surface area contributed by atoms with E-state index in [-0.39, 0.29) is 11.8 Å². The van der Waals surface area contributed by atoms with Gasteiger partial charge in [-0.05, 0) is 30.0 Å². The fraction of sp³-hybridized carbons (Fsp3) is 0.333. The molecule has 2 amide bonds. The molecule has 2 heterocycles. The van der Waals surface area contributed by atoms with Crippen molar-refractivity contribution in [1.82, 2.24) is 14.8 Å². The maximum absolute atomic E-state index is 12.6. The van der Waals surface area contributed by atoms with Crippen LogP contribution < -0.4 is 0 Å². The largest absolute Gasteiger partial charge is 0.361 e. The summed E-state index contributed by atoms with van der Waals surface area (Å²) in [6, 6.07) is 18.3. The van der Waals surface area contributed by atoms with Gasteiger partial charge in [0.1, 0.15) is 0 Å². The minimum Gasteiger partial charge on any atom is -0.361 e. The molecule has 0 radical (unpaired) electrons. The number of nitrogens with one attached hydrogen (secondary N) is 1. The lowest BCUT2D eigenvalue weighted by Crippen LogP contribution is -2.50. The van der Waals surface area contributed by atoms with E-state index < -0.39 is 0 Å². The zero-order chi connectivity index (χ0) is 20.1. The van der Waals surface area contributed by atoms with Crippen LogP contribution in [-0.4, -0.2) is 52.8 Å². The summed E-state index contributed by atoms with van der Waals surface area (Å²) < 4.78 is 0. The highest BCUT2D eigenvalue weighted by atomic mass is 16.2. The van der Waals surface area contributed by atoms with E-state index in [0.29, 0.717) is 39.0 Å². The summed E-state index contributed by atoms with van der Waals surface area (Å²) in [4.78, 5) is 32.2. The Morgan fingerprint density at radius 3 is 2.03 bits per heavy atom. The van der Waals surface area contributed by atoms with Gasteiger partial charge in [0.05, 0.1) is 0 Å². The van der Waals surface area contributed by atoms with Gasteiger partial charge in [-0.1, -0.05) is 48.5 Å². The van der Waals surface area contributed by atoms with Gasteiger partial charge in [0.2, 0.25) is 11.8 Å². The SMILES string of the molecule is O=C(CCc1ccccc1)N1CCN(C(=O)CCc2c[nH]c3ccccc23)CC1. The molecule has 1 fully saturated rings. The Hall–Kier alpha value is -3.08. The van der Waals surface area contributed by atoms with Crippen molar-refractivity contribution in [3.63, 3.8) is 0 Å². The number of hydrogen-bond acceptors (Lipinski definition) is 2. The van der Waals surface area contributed by atoms with E-state index in [9.17, 15) is 9.59 Å². The molecule has 0 saturated carbocycles. The molecule has 5 nitrogen and oxygen atoms in total. The van der Waals surface area contributed by atoms with Gasteiger partial charge in [-0.25, -0.2) is 0 Å². The minimum absolute atomic E-state index is 0.173. The van der Waals surface area contributed by atoms with E-state index >= 15 is 0 Å². The van der Waals surface area contributed by atoms with E-state index in [1.165, 1.54) is 16.5 Å². The van der Waals surface area contributed by atoms with Crippen molar-refractivity contribution in [2.24, 2.45) is 0 Å². The molecule has 4 rings (SSSR count). The summed E-state index contributed by atoms with van der Waals surface area (Å²) in [5.74, 6) is 0.353. The van der Waals surface area contributed by atoms with Crippen molar-refractivity contribution in [2.45, 2.75) is 25.7 Å². The Morgan fingerprint density at radius 2 is 1.34 bits per heavy atom. The lowest BCUT2D eigenvalue weighted by molar-refractivity contribution is -0.139. The van der Waals surface area contributed by atoms with Gasteiger partial charge in [0.25, 0.3) is 0 Å². The summed E-state index contributed by atoms with van der Waals surface area (Å²) in [5.41, 5.74) is 3.48. The summed E-state index contributed by atoms with van der Waals surface area (Å²) in [5, 5.41) is 1.19. The van der Waals surface area contributed by atoms with Gasteiger partial charge in [0, 0.05) is 56.1 Å². The third-order valence-corrected chi connectivity index (χ3v) is 5.74. The average Bonchev–Trinajstić information content (AvgIpc) is 3.20. The van der Waals surface area contributed by atoms with E-state index in [1.54, 1.807) is 0 Å². The maximum Gasteiger partial charge on any atom is 0.223 e. The Kier molecular flexibility index (Phi) is 5.94. The van der Waals surface area contributed by atoms with Crippen LogP contribution in [0.3, 0.4) is 0 Å². The van der Waals surface area contributed by atoms with Gasteiger partial charge in [-0.2, -0.15) is 0 Å². The summed E-state index contributed by atoms with van der Waals surface area (Å²) in [6.07, 6.45) is 4.53. The van der Waals surface area contributed by atoms with E-state index in [2.05, 4.69) is 29.2 Å². The lowest BCUT2D eigenvalue weighted by Gasteiger charge is -2.35. The molecule has 1 saturated heterocycles. The average molecular weight is 389 g/mol. The molecule has 0 unspecified atom stereocenters. The molecule has 0 atom stereocenters. The number of rotatable bonds is 6. The fourth-order valence-corrected chi connectivity index (χ4v) is 4.00. The molecule has 29 heavy (non-hydrogen) atoms. The first-order valence-electron chi connectivity index (χ1n) is 10.3. The number of aryl methyl sites for hydroxylation is 2. The third kappa shape index (κ3) is 4.67. The summed E-state index contributed by atoms with van der Waals surface area (Å²) in [6.45, 7) is 2.52. The first-order chi connectivity index (χ1) is 14.2. The number of hydrogen-bond donors (Lipinski definition) is 1. The Bertz CT molecular complexity index is 972. The molecule has 1 aromatic heterocycles. The van der Waals surface area contributed by atoms with Crippen LogP contribution in [0, 0.1) is 0 Å². The van der Waals surface area contributed by atoms with Crippen LogP contribution in [0.2, 0.25) is 0 Å². The quantitative estimate of drug-likeness (QED) is 0.702. The number of amides is 2. The van der Waals surface area contributed by atoms with Crippen molar-refractivity contribution >= 4 is 22.7 Å². The normalized spacial score (nSPS) is 14.3. The van der Waals surface area contributed by atoms with E-state index in [1.807, 2.05) is 46.3 Å². The molecule has 0 spiro atoms. The number of aromatic nitrogens is 1. The van der Waals surface area contributed by atoms with Crippen molar-refractivity contribution in [2.75, 3.05) is 26.2 Å². The second-order valence-corrected chi connectivity index (χ2v) is 7.61. The molecule has 5 heteroatoms. The van der Waals surface area contributed by atoms with Crippen molar-refractivity contribution in [3.05, 3.63) is 71.9 Å². The molecule has 1 aliphatic rings. The molecule has 0 aliphatic carbocycles. The number of para-hydroxylation sites is 1. The number of nitrogens with zero attached hydrogens (tertiary/aromatic N) is 2. The molecule has 150 valence electrons. The zero-order valence-electron chi connectivity index (χ0n) is 16.6. The summed E-state index contributed by atoms with van der Waals surface area (Å²) >= 11 is 0. The highest BCUT2D eigenvalue weighted by molar-refractivity contribution is 5.84. The zero-order valence-corrected chi connectivity index (χ0v) is 16.6. The first kappa shape index (κ1) is 19.2. The minimum atomic E-state index is 0.173.